The molecule has 1 aromatic carbocycles. The van der Waals surface area contributed by atoms with Crippen LogP contribution in [-0.2, 0) is 16.1 Å². The van der Waals surface area contributed by atoms with Gasteiger partial charge in [-0.3, -0.25) is 4.90 Å². The van der Waals surface area contributed by atoms with E-state index < -0.39 is 0 Å². The van der Waals surface area contributed by atoms with Crippen molar-refractivity contribution in [3.8, 4) is 0 Å². The number of piperidine rings is 1. The molecule has 4 heteroatoms. The fourth-order valence-corrected chi connectivity index (χ4v) is 3.20. The zero-order valence-electron chi connectivity index (χ0n) is 12.6. The number of carbonyl (C=O) groups is 1. The first kappa shape index (κ1) is 14.9. The van der Waals surface area contributed by atoms with E-state index in [2.05, 4.69) is 12.7 Å². The molecule has 0 spiro atoms. The van der Waals surface area contributed by atoms with Gasteiger partial charge in [0, 0.05) is 0 Å². The summed E-state index contributed by atoms with van der Waals surface area (Å²) in [6.07, 6.45) is 5.30. The first-order valence-electron chi connectivity index (χ1n) is 7.65. The summed E-state index contributed by atoms with van der Waals surface area (Å²) >= 11 is 0. The van der Waals surface area contributed by atoms with E-state index in [1.54, 1.807) is 0 Å². The topological polar surface area (TPSA) is 38.8 Å². The van der Waals surface area contributed by atoms with E-state index in [1.807, 2.05) is 41.3 Å². The summed E-state index contributed by atoms with van der Waals surface area (Å²) in [6, 6.07) is 9.89. The van der Waals surface area contributed by atoms with Crippen molar-refractivity contribution in [2.75, 3.05) is 13.2 Å². The summed E-state index contributed by atoms with van der Waals surface area (Å²) in [6.45, 7) is 5.21. The van der Waals surface area contributed by atoms with Gasteiger partial charge in [-0.25, -0.2) is 4.79 Å². The van der Waals surface area contributed by atoms with Crippen LogP contribution >= 0.6 is 0 Å². The molecule has 3 rings (SSSR count). The Balaban J connectivity index is 1.65. The number of carbonyl (C=O) groups excluding carboxylic acids is 1. The lowest BCUT2D eigenvalue weighted by Gasteiger charge is -2.45. The molecule has 0 saturated carbocycles. The Labute approximate surface area is 131 Å². The molecule has 2 aliphatic rings. The molecule has 2 bridgehead atoms. The largest absolute Gasteiger partial charge is 0.445 e. The van der Waals surface area contributed by atoms with Crippen LogP contribution in [0.1, 0.15) is 18.4 Å². The maximum Gasteiger partial charge on any atom is 0.410 e. The average Bonchev–Trinajstić information content (AvgIpc) is 2.53. The van der Waals surface area contributed by atoms with Crippen LogP contribution in [0.4, 0.5) is 4.79 Å². The molecule has 2 saturated heterocycles. The summed E-state index contributed by atoms with van der Waals surface area (Å²) in [5.74, 6) is 0. The molecule has 0 N–H and O–H groups in total. The number of fused-ring (bicyclic) bond motifs is 2. The number of amides is 1. The van der Waals surface area contributed by atoms with Gasteiger partial charge in [0.15, 0.2) is 0 Å². The quantitative estimate of drug-likeness (QED) is 0.859. The third kappa shape index (κ3) is 3.22. The van der Waals surface area contributed by atoms with Gasteiger partial charge in [-0.2, -0.15) is 0 Å². The van der Waals surface area contributed by atoms with Crippen molar-refractivity contribution >= 4 is 6.09 Å². The summed E-state index contributed by atoms with van der Waals surface area (Å²) in [5.41, 5.74) is 2.34. The molecule has 1 amide bonds. The third-order valence-corrected chi connectivity index (χ3v) is 4.17. The van der Waals surface area contributed by atoms with Gasteiger partial charge < -0.3 is 9.47 Å². The SMILES string of the molecule is C=CC=C1CC2COCC(C1)N2C(=O)OCc1ccccc1. The first-order chi connectivity index (χ1) is 10.8. The molecule has 2 heterocycles. The highest BCUT2D eigenvalue weighted by Gasteiger charge is 2.40. The van der Waals surface area contributed by atoms with E-state index >= 15 is 0 Å². The fraction of sp³-hybridized carbons (Fsp3) is 0.389. The highest BCUT2D eigenvalue weighted by atomic mass is 16.6. The minimum absolute atomic E-state index is 0.0713. The van der Waals surface area contributed by atoms with Gasteiger partial charge in [0.05, 0.1) is 25.3 Å². The van der Waals surface area contributed by atoms with E-state index in [-0.39, 0.29) is 18.2 Å². The van der Waals surface area contributed by atoms with E-state index in [1.165, 1.54) is 5.57 Å². The molecule has 22 heavy (non-hydrogen) atoms. The molecule has 2 unspecified atom stereocenters. The lowest BCUT2D eigenvalue weighted by atomic mass is 9.90. The second-order valence-corrected chi connectivity index (χ2v) is 5.76. The van der Waals surface area contributed by atoms with Crippen molar-refractivity contribution in [3.05, 3.63) is 60.2 Å². The van der Waals surface area contributed by atoms with E-state index in [0.717, 1.165) is 18.4 Å². The highest BCUT2D eigenvalue weighted by Crippen LogP contribution is 2.31. The number of hydrogen-bond donors (Lipinski definition) is 0. The van der Waals surface area contributed by atoms with E-state index in [0.29, 0.717) is 19.8 Å². The Morgan fingerprint density at radius 1 is 1.27 bits per heavy atom. The third-order valence-electron chi connectivity index (χ3n) is 4.17. The van der Waals surface area contributed by atoms with Crippen molar-refractivity contribution in [1.82, 2.24) is 4.90 Å². The predicted molar refractivity (Wildman–Crippen MR) is 84.4 cm³/mol. The molecular weight excluding hydrogens is 278 g/mol. The van der Waals surface area contributed by atoms with Gasteiger partial charge >= 0.3 is 6.09 Å². The Bertz CT molecular complexity index is 551. The predicted octanol–water partition coefficient (Wildman–Crippen LogP) is 3.30. The van der Waals surface area contributed by atoms with Gasteiger partial charge in [-0.1, -0.05) is 54.6 Å². The molecule has 4 nitrogen and oxygen atoms in total. The number of hydrogen-bond acceptors (Lipinski definition) is 3. The monoisotopic (exact) mass is 299 g/mol. The standard InChI is InChI=1S/C18H21NO3/c1-2-6-15-9-16-12-21-13-17(10-15)19(16)18(20)22-11-14-7-4-3-5-8-14/h2-8,16-17H,1,9-13H2. The Morgan fingerprint density at radius 2 is 1.95 bits per heavy atom. The van der Waals surface area contributed by atoms with Gasteiger partial charge in [0.25, 0.3) is 0 Å². The minimum atomic E-state index is -0.236. The zero-order valence-corrected chi connectivity index (χ0v) is 12.6. The Morgan fingerprint density at radius 3 is 2.59 bits per heavy atom. The molecule has 2 fully saturated rings. The molecule has 2 atom stereocenters. The fourth-order valence-electron chi connectivity index (χ4n) is 3.20. The van der Waals surface area contributed by atoms with Crippen molar-refractivity contribution in [2.45, 2.75) is 31.5 Å². The number of benzene rings is 1. The van der Waals surface area contributed by atoms with Crippen molar-refractivity contribution in [2.24, 2.45) is 0 Å². The van der Waals surface area contributed by atoms with Crippen LogP contribution in [0.25, 0.3) is 0 Å². The Hall–Kier alpha value is -2.07. The molecule has 0 aromatic heterocycles. The van der Waals surface area contributed by atoms with Gasteiger partial charge in [-0.05, 0) is 18.4 Å². The van der Waals surface area contributed by atoms with Gasteiger partial charge in [-0.15, -0.1) is 0 Å². The van der Waals surface area contributed by atoms with Gasteiger partial charge in [0.2, 0.25) is 0 Å². The molecule has 0 aliphatic carbocycles. The zero-order chi connectivity index (χ0) is 15.4. The first-order valence-corrected chi connectivity index (χ1v) is 7.65. The van der Waals surface area contributed by atoms with E-state index in [4.69, 9.17) is 9.47 Å². The van der Waals surface area contributed by atoms with Crippen molar-refractivity contribution in [3.63, 3.8) is 0 Å². The molecule has 1 aromatic rings. The number of ether oxygens (including phenoxy) is 2. The van der Waals surface area contributed by atoms with Crippen molar-refractivity contribution in [1.29, 1.82) is 0 Å². The van der Waals surface area contributed by atoms with Crippen molar-refractivity contribution < 1.29 is 14.3 Å². The number of allylic oxidation sites excluding steroid dienone is 2. The van der Waals surface area contributed by atoms with Crippen LogP contribution in [0, 0.1) is 0 Å². The van der Waals surface area contributed by atoms with Crippen LogP contribution in [0.3, 0.4) is 0 Å². The number of morpholine rings is 1. The lowest BCUT2D eigenvalue weighted by Crippen LogP contribution is -2.57. The molecule has 0 radical (unpaired) electrons. The Kier molecular flexibility index (Phi) is 4.59. The minimum Gasteiger partial charge on any atom is -0.445 e. The molecular formula is C18H21NO3. The summed E-state index contributed by atoms with van der Waals surface area (Å²) in [7, 11) is 0. The van der Waals surface area contributed by atoms with Crippen LogP contribution in [0.2, 0.25) is 0 Å². The van der Waals surface area contributed by atoms with Crippen LogP contribution in [0.5, 0.6) is 0 Å². The number of nitrogens with zero attached hydrogens (tertiary/aromatic N) is 1. The van der Waals surface area contributed by atoms with Crippen LogP contribution in [-0.4, -0.2) is 36.3 Å². The summed E-state index contributed by atoms with van der Waals surface area (Å²) in [4.78, 5) is 14.3. The maximum atomic E-state index is 12.5. The van der Waals surface area contributed by atoms with E-state index in [9.17, 15) is 4.79 Å². The molecule has 116 valence electrons. The second-order valence-electron chi connectivity index (χ2n) is 5.76. The number of rotatable bonds is 3. The van der Waals surface area contributed by atoms with Crippen LogP contribution < -0.4 is 0 Å². The second kappa shape index (κ2) is 6.79. The normalized spacial score (nSPS) is 23.8. The maximum absolute atomic E-state index is 12.5. The summed E-state index contributed by atoms with van der Waals surface area (Å²) in [5, 5.41) is 0. The lowest BCUT2D eigenvalue weighted by molar-refractivity contribution is -0.0558. The smallest absolute Gasteiger partial charge is 0.410 e. The van der Waals surface area contributed by atoms with Gasteiger partial charge in [0.1, 0.15) is 6.61 Å². The average molecular weight is 299 g/mol. The molecule has 2 aliphatic heterocycles. The highest BCUT2D eigenvalue weighted by molar-refractivity contribution is 5.69. The van der Waals surface area contributed by atoms with Crippen LogP contribution in [0.15, 0.2) is 54.6 Å². The summed E-state index contributed by atoms with van der Waals surface area (Å²) < 4.78 is 11.1.